The fourth-order valence-electron chi connectivity index (χ4n) is 2.05. The first-order valence-electron chi connectivity index (χ1n) is 6.44. The average Bonchev–Trinajstić information content (AvgIpc) is 2.46. The highest BCUT2D eigenvalue weighted by molar-refractivity contribution is 5.56. The molecule has 18 heavy (non-hydrogen) atoms. The van der Waals surface area contributed by atoms with E-state index in [0.717, 1.165) is 13.0 Å². The Morgan fingerprint density at radius 3 is 1.78 bits per heavy atom. The average molecular weight is 240 g/mol. The monoisotopic (exact) mass is 240 g/mol. The molecule has 0 N–H and O–H groups in total. The highest BCUT2D eigenvalue weighted by Crippen LogP contribution is 2.21. The number of anilines is 2. The maximum atomic E-state index is 2.30. The largest absolute Gasteiger partial charge is 0.288 e. The van der Waals surface area contributed by atoms with Crippen molar-refractivity contribution in [2.45, 2.75) is 13.3 Å². The van der Waals surface area contributed by atoms with Gasteiger partial charge in [0.25, 0.3) is 0 Å². The quantitative estimate of drug-likeness (QED) is 0.730. The molecule has 2 aromatic rings. The van der Waals surface area contributed by atoms with Crippen molar-refractivity contribution >= 4 is 11.4 Å². The molecule has 0 fully saturated rings. The van der Waals surface area contributed by atoms with Gasteiger partial charge in [0.15, 0.2) is 0 Å². The van der Waals surface area contributed by atoms with Crippen LogP contribution in [0.4, 0.5) is 11.4 Å². The van der Waals surface area contributed by atoms with Crippen LogP contribution in [0.15, 0.2) is 60.7 Å². The Kier molecular flexibility index (Phi) is 4.24. The number of benzene rings is 2. The van der Waals surface area contributed by atoms with Crippen molar-refractivity contribution in [2.75, 3.05) is 23.6 Å². The van der Waals surface area contributed by atoms with Crippen molar-refractivity contribution < 1.29 is 0 Å². The number of rotatable bonds is 5. The molecule has 2 heteroatoms. The van der Waals surface area contributed by atoms with Gasteiger partial charge >= 0.3 is 0 Å². The predicted octanol–water partition coefficient (Wildman–Crippen LogP) is 3.95. The summed E-state index contributed by atoms with van der Waals surface area (Å²) in [6.45, 7) is 3.21. The lowest BCUT2D eigenvalue weighted by atomic mass is 10.3. The summed E-state index contributed by atoms with van der Waals surface area (Å²) in [5.41, 5.74) is 2.43. The summed E-state index contributed by atoms with van der Waals surface area (Å²) in [6, 6.07) is 21.0. The van der Waals surface area contributed by atoms with Crippen molar-refractivity contribution in [3.05, 3.63) is 60.7 Å². The lowest BCUT2D eigenvalue weighted by molar-refractivity contribution is 0.753. The molecule has 0 atom stereocenters. The molecule has 0 spiro atoms. The van der Waals surface area contributed by atoms with Crippen LogP contribution in [0.3, 0.4) is 0 Å². The van der Waals surface area contributed by atoms with E-state index >= 15 is 0 Å². The first kappa shape index (κ1) is 12.5. The van der Waals surface area contributed by atoms with Crippen LogP contribution in [0, 0.1) is 0 Å². The van der Waals surface area contributed by atoms with Crippen LogP contribution in [0.2, 0.25) is 0 Å². The van der Waals surface area contributed by atoms with Gasteiger partial charge in [0, 0.05) is 13.6 Å². The molecule has 0 saturated heterocycles. The van der Waals surface area contributed by atoms with Crippen molar-refractivity contribution in [3.8, 4) is 0 Å². The van der Waals surface area contributed by atoms with Crippen molar-refractivity contribution in [1.29, 1.82) is 0 Å². The van der Waals surface area contributed by atoms with Crippen molar-refractivity contribution in [1.82, 2.24) is 0 Å². The van der Waals surface area contributed by atoms with Crippen LogP contribution in [-0.4, -0.2) is 13.6 Å². The molecule has 0 bridgehead atoms. The first-order valence-corrected chi connectivity index (χ1v) is 6.44. The Bertz CT molecular complexity index is 453. The van der Waals surface area contributed by atoms with E-state index in [4.69, 9.17) is 0 Å². The van der Waals surface area contributed by atoms with E-state index in [-0.39, 0.29) is 0 Å². The lowest BCUT2D eigenvalue weighted by Crippen LogP contribution is -2.40. The molecule has 0 aliphatic heterocycles. The third-order valence-electron chi connectivity index (χ3n) is 2.98. The maximum absolute atomic E-state index is 2.30. The third-order valence-corrected chi connectivity index (χ3v) is 2.98. The summed E-state index contributed by atoms with van der Waals surface area (Å²) in [5, 5.41) is 4.51. The number of nitrogens with zero attached hydrogens (tertiary/aromatic N) is 2. The second kappa shape index (κ2) is 6.10. The Labute approximate surface area is 109 Å². The molecule has 94 valence electrons. The van der Waals surface area contributed by atoms with Crippen molar-refractivity contribution in [3.63, 3.8) is 0 Å². The van der Waals surface area contributed by atoms with Gasteiger partial charge in [0.05, 0.1) is 11.4 Å². The maximum Gasteiger partial charge on any atom is 0.0574 e. The van der Waals surface area contributed by atoms with Gasteiger partial charge in [0.1, 0.15) is 0 Å². The highest BCUT2D eigenvalue weighted by Gasteiger charge is 2.11. The van der Waals surface area contributed by atoms with Gasteiger partial charge in [-0.25, -0.2) is 0 Å². The summed E-state index contributed by atoms with van der Waals surface area (Å²) in [6.07, 6.45) is 1.12. The molecule has 2 nitrogen and oxygen atoms in total. The van der Waals surface area contributed by atoms with Crippen molar-refractivity contribution in [2.24, 2.45) is 0 Å². The van der Waals surface area contributed by atoms with Gasteiger partial charge in [0.2, 0.25) is 0 Å². The number of hydrogen-bond donors (Lipinski definition) is 0. The van der Waals surface area contributed by atoms with E-state index in [0.29, 0.717) is 0 Å². The number of hydrazine groups is 1. The van der Waals surface area contributed by atoms with E-state index in [2.05, 4.69) is 78.6 Å². The van der Waals surface area contributed by atoms with Gasteiger partial charge in [-0.15, -0.1) is 0 Å². The fraction of sp³-hybridized carbons (Fsp3) is 0.250. The summed E-state index contributed by atoms with van der Waals surface area (Å²) in [4.78, 5) is 0. The minimum atomic E-state index is 1.01. The Morgan fingerprint density at radius 1 is 0.778 bits per heavy atom. The summed E-state index contributed by atoms with van der Waals surface area (Å²) >= 11 is 0. The zero-order valence-electron chi connectivity index (χ0n) is 11.1. The normalized spacial score (nSPS) is 10.1. The molecule has 2 aromatic carbocycles. The van der Waals surface area contributed by atoms with E-state index in [1.54, 1.807) is 0 Å². The second-order valence-electron chi connectivity index (χ2n) is 4.32. The molecular formula is C16H20N2. The van der Waals surface area contributed by atoms with E-state index in [1.165, 1.54) is 11.4 Å². The smallest absolute Gasteiger partial charge is 0.0574 e. The fourth-order valence-corrected chi connectivity index (χ4v) is 2.05. The molecule has 0 aliphatic carbocycles. The minimum Gasteiger partial charge on any atom is -0.288 e. The Hall–Kier alpha value is -1.96. The molecule has 0 radical (unpaired) electrons. The molecule has 0 unspecified atom stereocenters. The molecule has 0 amide bonds. The summed E-state index contributed by atoms with van der Waals surface area (Å²) < 4.78 is 0. The predicted molar refractivity (Wildman–Crippen MR) is 78.9 cm³/mol. The summed E-state index contributed by atoms with van der Waals surface area (Å²) in [5.74, 6) is 0. The van der Waals surface area contributed by atoms with Gasteiger partial charge in [-0.1, -0.05) is 43.3 Å². The summed E-state index contributed by atoms with van der Waals surface area (Å²) in [7, 11) is 2.11. The molecule has 0 aromatic heterocycles. The van der Waals surface area contributed by atoms with Crippen LogP contribution in [0.1, 0.15) is 13.3 Å². The third kappa shape index (κ3) is 2.83. The zero-order valence-corrected chi connectivity index (χ0v) is 11.1. The van der Waals surface area contributed by atoms with Crippen LogP contribution < -0.4 is 10.0 Å². The van der Waals surface area contributed by atoms with Crippen LogP contribution >= 0.6 is 0 Å². The molecule has 0 saturated carbocycles. The Balaban J connectivity index is 2.26. The van der Waals surface area contributed by atoms with E-state index < -0.39 is 0 Å². The lowest BCUT2D eigenvalue weighted by Gasteiger charge is -2.35. The van der Waals surface area contributed by atoms with E-state index in [9.17, 15) is 0 Å². The van der Waals surface area contributed by atoms with Gasteiger partial charge in [-0.05, 0) is 30.7 Å². The van der Waals surface area contributed by atoms with Gasteiger partial charge < -0.3 is 0 Å². The number of hydrogen-bond acceptors (Lipinski definition) is 2. The molecular weight excluding hydrogens is 220 g/mol. The zero-order chi connectivity index (χ0) is 12.8. The van der Waals surface area contributed by atoms with Gasteiger partial charge in [-0.2, -0.15) is 0 Å². The standard InChI is InChI=1S/C16H20N2/c1-3-14-18(16-12-8-5-9-13-16)17(2)15-10-6-4-7-11-15/h4-13H,3,14H2,1-2H3. The second-order valence-corrected chi connectivity index (χ2v) is 4.32. The van der Waals surface area contributed by atoms with E-state index in [1.807, 2.05) is 6.07 Å². The minimum absolute atomic E-state index is 1.01. The Morgan fingerprint density at radius 2 is 1.28 bits per heavy atom. The SMILES string of the molecule is CCCN(c1ccccc1)N(C)c1ccccc1. The van der Waals surface area contributed by atoms with Crippen LogP contribution in [0.5, 0.6) is 0 Å². The number of para-hydroxylation sites is 2. The van der Waals surface area contributed by atoms with Crippen LogP contribution in [-0.2, 0) is 0 Å². The molecule has 2 rings (SSSR count). The molecule has 0 heterocycles. The topological polar surface area (TPSA) is 6.48 Å². The molecule has 0 aliphatic rings. The van der Waals surface area contributed by atoms with Gasteiger partial charge in [-0.3, -0.25) is 10.0 Å². The van der Waals surface area contributed by atoms with Crippen LogP contribution in [0.25, 0.3) is 0 Å². The highest BCUT2D eigenvalue weighted by atomic mass is 15.6. The first-order chi connectivity index (χ1) is 8.83.